The monoisotopic (exact) mass is 352 g/mol. The number of amides is 3. The Morgan fingerprint density at radius 3 is 2.79 bits per heavy atom. The van der Waals surface area contributed by atoms with Gasteiger partial charge in [-0.05, 0) is 25.1 Å². The van der Waals surface area contributed by atoms with E-state index in [1.54, 1.807) is 18.2 Å². The zero-order chi connectivity index (χ0) is 16.2. The minimum absolute atomic E-state index is 0. The zero-order valence-electron chi connectivity index (χ0n) is 13.2. The molecule has 130 valence electrons. The highest BCUT2D eigenvalue weighted by atomic mass is 35.5. The summed E-state index contributed by atoms with van der Waals surface area (Å²) in [6.07, 6.45) is 1.14. The average molecular weight is 353 g/mol. The molecular formula is C16H21ClN4O3. The number of para-hydroxylation sites is 2. The molecule has 3 N–H and O–H groups in total. The number of halogens is 1. The van der Waals surface area contributed by atoms with Gasteiger partial charge in [0.25, 0.3) is 0 Å². The highest BCUT2D eigenvalue weighted by molar-refractivity contribution is 6.10. The summed E-state index contributed by atoms with van der Waals surface area (Å²) >= 11 is 0. The molecule has 2 aliphatic rings. The number of anilines is 2. The number of fused-ring (bicyclic) bond motifs is 1. The molecule has 0 aliphatic carbocycles. The van der Waals surface area contributed by atoms with E-state index in [1.807, 2.05) is 6.07 Å². The van der Waals surface area contributed by atoms with Crippen LogP contribution in [0.4, 0.5) is 11.4 Å². The van der Waals surface area contributed by atoms with Crippen LogP contribution < -0.4 is 20.9 Å². The van der Waals surface area contributed by atoms with Crippen LogP contribution in [0.2, 0.25) is 0 Å². The first-order chi connectivity index (χ1) is 11.1. The van der Waals surface area contributed by atoms with Crippen molar-refractivity contribution < 1.29 is 14.4 Å². The Hall–Kier alpha value is -2.12. The predicted octanol–water partition coefficient (Wildman–Crippen LogP) is 0.652. The summed E-state index contributed by atoms with van der Waals surface area (Å²) in [5.74, 6) is -0.563. The topological polar surface area (TPSA) is 90.5 Å². The summed E-state index contributed by atoms with van der Waals surface area (Å²) in [6, 6.07) is 7.31. The average Bonchev–Trinajstić information content (AvgIpc) is 3.04. The first-order valence-corrected chi connectivity index (χ1v) is 7.83. The van der Waals surface area contributed by atoms with E-state index in [9.17, 15) is 14.4 Å². The molecular weight excluding hydrogens is 332 g/mol. The van der Waals surface area contributed by atoms with Gasteiger partial charge in [0.05, 0.1) is 11.4 Å². The second kappa shape index (κ2) is 8.12. The lowest BCUT2D eigenvalue weighted by molar-refractivity contribution is -0.126. The molecule has 3 rings (SSSR count). The third kappa shape index (κ3) is 4.24. The highest BCUT2D eigenvalue weighted by Crippen LogP contribution is 2.29. The summed E-state index contributed by atoms with van der Waals surface area (Å²) in [6.45, 7) is 1.67. The molecule has 8 heteroatoms. The van der Waals surface area contributed by atoms with Gasteiger partial charge >= 0.3 is 0 Å². The third-order valence-corrected chi connectivity index (χ3v) is 4.06. The molecule has 7 nitrogen and oxygen atoms in total. The Morgan fingerprint density at radius 1 is 1.25 bits per heavy atom. The number of carbonyl (C=O) groups is 3. The Labute approximate surface area is 146 Å². The summed E-state index contributed by atoms with van der Waals surface area (Å²) in [4.78, 5) is 37.5. The number of benzene rings is 1. The molecule has 1 aromatic rings. The summed E-state index contributed by atoms with van der Waals surface area (Å²) in [7, 11) is 0. The van der Waals surface area contributed by atoms with Crippen molar-refractivity contribution in [3.63, 3.8) is 0 Å². The molecule has 1 fully saturated rings. The van der Waals surface area contributed by atoms with Crippen LogP contribution in [0.1, 0.15) is 19.3 Å². The van der Waals surface area contributed by atoms with Gasteiger partial charge in [-0.3, -0.25) is 14.4 Å². The fraction of sp³-hybridized carbons (Fsp3) is 0.438. The molecule has 0 aromatic heterocycles. The van der Waals surface area contributed by atoms with E-state index in [0.717, 1.165) is 19.5 Å². The van der Waals surface area contributed by atoms with Crippen molar-refractivity contribution in [3.05, 3.63) is 24.3 Å². The maximum absolute atomic E-state index is 12.4. The van der Waals surface area contributed by atoms with Gasteiger partial charge in [-0.15, -0.1) is 12.4 Å². The molecule has 1 aromatic carbocycles. The smallest absolute Gasteiger partial charge is 0.244 e. The molecule has 3 amide bonds. The molecule has 1 unspecified atom stereocenters. The van der Waals surface area contributed by atoms with Crippen molar-refractivity contribution in [3.8, 4) is 0 Å². The van der Waals surface area contributed by atoms with Gasteiger partial charge in [-0.25, -0.2) is 0 Å². The second-order valence-electron chi connectivity index (χ2n) is 5.80. The van der Waals surface area contributed by atoms with Gasteiger partial charge in [-0.2, -0.15) is 0 Å². The molecule has 0 radical (unpaired) electrons. The first kappa shape index (κ1) is 18.2. The van der Waals surface area contributed by atoms with Crippen molar-refractivity contribution in [2.75, 3.05) is 29.9 Å². The molecule has 0 saturated carbocycles. The molecule has 1 atom stereocenters. The van der Waals surface area contributed by atoms with Crippen LogP contribution in [0.5, 0.6) is 0 Å². The number of nitrogens with zero attached hydrogens (tertiary/aromatic N) is 1. The fourth-order valence-corrected chi connectivity index (χ4v) is 2.89. The SMILES string of the molecule is Cl.O=C1CN(C(=O)CCC(=O)NC2CCNC2)c2ccccc2N1. The number of nitrogens with one attached hydrogen (secondary N) is 3. The van der Waals surface area contributed by atoms with Crippen LogP contribution in [0.25, 0.3) is 0 Å². The number of hydrogen-bond acceptors (Lipinski definition) is 4. The minimum Gasteiger partial charge on any atom is -0.352 e. The molecule has 24 heavy (non-hydrogen) atoms. The van der Waals surface area contributed by atoms with Gasteiger partial charge in [0, 0.05) is 25.4 Å². The Morgan fingerprint density at radius 2 is 2.04 bits per heavy atom. The van der Waals surface area contributed by atoms with Crippen molar-refractivity contribution in [1.29, 1.82) is 0 Å². The van der Waals surface area contributed by atoms with Gasteiger partial charge in [0.15, 0.2) is 0 Å². The normalized spacial score (nSPS) is 19.1. The van der Waals surface area contributed by atoms with Crippen molar-refractivity contribution >= 4 is 41.5 Å². The largest absolute Gasteiger partial charge is 0.352 e. The number of carbonyl (C=O) groups excluding carboxylic acids is 3. The second-order valence-corrected chi connectivity index (χ2v) is 5.80. The first-order valence-electron chi connectivity index (χ1n) is 7.83. The molecule has 0 bridgehead atoms. The molecule has 1 saturated heterocycles. The van der Waals surface area contributed by atoms with E-state index in [1.165, 1.54) is 4.90 Å². The lowest BCUT2D eigenvalue weighted by Gasteiger charge is -2.29. The van der Waals surface area contributed by atoms with Crippen LogP contribution in [-0.2, 0) is 14.4 Å². The van der Waals surface area contributed by atoms with Crippen LogP contribution in [0, 0.1) is 0 Å². The van der Waals surface area contributed by atoms with Crippen molar-refractivity contribution in [2.24, 2.45) is 0 Å². The quantitative estimate of drug-likeness (QED) is 0.742. The summed E-state index contributed by atoms with van der Waals surface area (Å²) < 4.78 is 0. The highest BCUT2D eigenvalue weighted by Gasteiger charge is 2.27. The Kier molecular flexibility index (Phi) is 6.16. The van der Waals surface area contributed by atoms with E-state index >= 15 is 0 Å². The van der Waals surface area contributed by atoms with Gasteiger partial charge in [0.2, 0.25) is 17.7 Å². The van der Waals surface area contributed by atoms with Crippen molar-refractivity contribution in [1.82, 2.24) is 10.6 Å². The van der Waals surface area contributed by atoms with E-state index in [2.05, 4.69) is 16.0 Å². The Balaban J connectivity index is 0.00000208. The zero-order valence-corrected chi connectivity index (χ0v) is 14.0. The predicted molar refractivity (Wildman–Crippen MR) is 93.3 cm³/mol. The lowest BCUT2D eigenvalue weighted by Crippen LogP contribution is -2.43. The lowest BCUT2D eigenvalue weighted by atomic mass is 10.1. The maximum atomic E-state index is 12.4. The standard InChI is InChI=1S/C16H20N4O3.ClH/c21-14(18-11-7-8-17-9-11)5-6-16(23)20-10-15(22)19-12-3-1-2-4-13(12)20;/h1-4,11,17H,5-10H2,(H,18,21)(H,19,22);1H. The van der Waals surface area contributed by atoms with Crippen molar-refractivity contribution in [2.45, 2.75) is 25.3 Å². The van der Waals surface area contributed by atoms with E-state index in [0.29, 0.717) is 11.4 Å². The summed E-state index contributed by atoms with van der Waals surface area (Å²) in [5, 5.41) is 8.83. The van der Waals surface area contributed by atoms with Gasteiger partial charge in [-0.1, -0.05) is 12.1 Å². The fourth-order valence-electron chi connectivity index (χ4n) is 2.89. The van der Waals surface area contributed by atoms with Crippen LogP contribution in [0.3, 0.4) is 0 Å². The van der Waals surface area contributed by atoms with E-state index in [-0.39, 0.29) is 55.6 Å². The molecule has 2 heterocycles. The third-order valence-electron chi connectivity index (χ3n) is 4.06. The van der Waals surface area contributed by atoms with Crippen LogP contribution in [-0.4, -0.2) is 43.4 Å². The van der Waals surface area contributed by atoms with Gasteiger partial charge in [0.1, 0.15) is 6.54 Å². The number of rotatable bonds is 4. The van der Waals surface area contributed by atoms with Crippen LogP contribution >= 0.6 is 12.4 Å². The summed E-state index contributed by atoms with van der Waals surface area (Å²) in [5.41, 5.74) is 1.30. The maximum Gasteiger partial charge on any atom is 0.244 e. The molecule has 2 aliphatic heterocycles. The number of hydrogen-bond donors (Lipinski definition) is 3. The van der Waals surface area contributed by atoms with E-state index < -0.39 is 0 Å². The minimum atomic E-state index is -0.224. The van der Waals surface area contributed by atoms with Crippen LogP contribution in [0.15, 0.2) is 24.3 Å². The molecule has 0 spiro atoms. The van der Waals surface area contributed by atoms with E-state index in [4.69, 9.17) is 0 Å². The van der Waals surface area contributed by atoms with Gasteiger partial charge < -0.3 is 20.9 Å². The Bertz CT molecular complexity index is 632.